The summed E-state index contributed by atoms with van der Waals surface area (Å²) in [6, 6.07) is -0.223. The summed E-state index contributed by atoms with van der Waals surface area (Å²) >= 11 is 0. The van der Waals surface area contributed by atoms with E-state index in [9.17, 15) is 9.59 Å². The third kappa shape index (κ3) is 6.56. The topological polar surface area (TPSA) is 106 Å². The van der Waals surface area contributed by atoms with Crippen molar-refractivity contribution in [1.29, 1.82) is 0 Å². The lowest BCUT2D eigenvalue weighted by Crippen LogP contribution is -2.46. The number of rotatable bonds is 6. The second kappa shape index (κ2) is 9.15. The third-order valence-corrected chi connectivity index (χ3v) is 3.44. The first-order valence-corrected chi connectivity index (χ1v) is 7.99. The van der Waals surface area contributed by atoms with E-state index in [1.807, 2.05) is 0 Å². The molecule has 1 fully saturated rings. The molecule has 0 aromatic heterocycles. The minimum atomic E-state index is -2.55. The van der Waals surface area contributed by atoms with Gasteiger partial charge < -0.3 is 24.2 Å². The molecule has 1 saturated heterocycles. The Labute approximate surface area is 125 Å². The van der Waals surface area contributed by atoms with Crippen LogP contribution in [-0.2, 0) is 18.8 Å². The van der Waals surface area contributed by atoms with Crippen LogP contribution in [-0.4, -0.2) is 52.7 Å². The minimum Gasteiger partial charge on any atom is -0.463 e. The van der Waals surface area contributed by atoms with Crippen LogP contribution in [0, 0.1) is 5.92 Å². The van der Waals surface area contributed by atoms with E-state index in [0.717, 1.165) is 19.3 Å². The van der Waals surface area contributed by atoms with Crippen LogP contribution in [0.2, 0.25) is 0 Å². The number of esters is 1. The highest BCUT2D eigenvalue weighted by molar-refractivity contribution is 7.39. The van der Waals surface area contributed by atoms with Gasteiger partial charge in [-0.25, -0.2) is 4.79 Å². The average molecular weight is 323 g/mol. The molecular weight excluding hydrogens is 301 g/mol. The van der Waals surface area contributed by atoms with E-state index in [1.54, 1.807) is 13.8 Å². The van der Waals surface area contributed by atoms with E-state index in [1.165, 1.54) is 4.90 Å². The number of hydrogen-bond donors (Lipinski definition) is 2. The fourth-order valence-corrected chi connectivity index (χ4v) is 2.11. The maximum absolute atomic E-state index is 11.9. The molecule has 0 aromatic carbocycles. The standard InChI is InChI=1S/C12H22NO7P/c1-9(2)11(14)18-7-10-5-3-4-6-13(10)12(15)19-8-20-21(16)17/h9-10,16-17H,3-8H2,1-2H3. The number of carbonyl (C=O) groups excluding carboxylic acids is 2. The Morgan fingerprint density at radius 1 is 1.29 bits per heavy atom. The molecule has 2 N–H and O–H groups in total. The fourth-order valence-electron chi connectivity index (χ4n) is 1.97. The van der Waals surface area contributed by atoms with E-state index in [2.05, 4.69) is 4.52 Å². The zero-order valence-corrected chi connectivity index (χ0v) is 13.1. The van der Waals surface area contributed by atoms with Crippen LogP contribution >= 0.6 is 8.60 Å². The molecule has 0 saturated carbocycles. The highest BCUT2D eigenvalue weighted by atomic mass is 31.2. The highest BCUT2D eigenvalue weighted by Gasteiger charge is 2.29. The van der Waals surface area contributed by atoms with Gasteiger partial charge in [0.2, 0.25) is 6.79 Å². The van der Waals surface area contributed by atoms with Crippen molar-refractivity contribution < 1.29 is 33.4 Å². The van der Waals surface area contributed by atoms with Gasteiger partial charge in [-0.05, 0) is 19.3 Å². The summed E-state index contributed by atoms with van der Waals surface area (Å²) in [5.41, 5.74) is 0. The maximum Gasteiger partial charge on any atom is 0.412 e. The summed E-state index contributed by atoms with van der Waals surface area (Å²) in [5.74, 6) is -0.515. The molecule has 1 rings (SSSR count). The summed E-state index contributed by atoms with van der Waals surface area (Å²) < 4.78 is 14.4. The fraction of sp³-hybridized carbons (Fsp3) is 0.833. The van der Waals surface area contributed by atoms with E-state index in [4.69, 9.17) is 19.3 Å². The van der Waals surface area contributed by atoms with Gasteiger partial charge in [-0.1, -0.05) is 13.8 Å². The average Bonchev–Trinajstić information content (AvgIpc) is 2.44. The third-order valence-electron chi connectivity index (χ3n) is 3.10. The van der Waals surface area contributed by atoms with E-state index < -0.39 is 21.5 Å². The van der Waals surface area contributed by atoms with Crippen LogP contribution < -0.4 is 0 Å². The number of amides is 1. The van der Waals surface area contributed by atoms with Gasteiger partial charge in [-0.3, -0.25) is 9.32 Å². The number of carbonyl (C=O) groups is 2. The minimum absolute atomic E-state index is 0.139. The molecule has 122 valence electrons. The molecule has 1 aliphatic heterocycles. The van der Waals surface area contributed by atoms with Crippen molar-refractivity contribution in [2.75, 3.05) is 19.9 Å². The number of nitrogens with zero attached hydrogens (tertiary/aromatic N) is 1. The molecule has 21 heavy (non-hydrogen) atoms. The van der Waals surface area contributed by atoms with Gasteiger partial charge >= 0.3 is 20.7 Å². The van der Waals surface area contributed by atoms with Gasteiger partial charge in [-0.15, -0.1) is 0 Å². The molecule has 1 aliphatic rings. The summed E-state index contributed by atoms with van der Waals surface area (Å²) in [4.78, 5) is 42.0. The number of likely N-dealkylation sites (tertiary alicyclic amines) is 1. The number of ether oxygens (including phenoxy) is 2. The molecule has 8 nitrogen and oxygen atoms in total. The monoisotopic (exact) mass is 323 g/mol. The molecule has 9 heteroatoms. The molecule has 0 radical (unpaired) electrons. The number of hydrogen-bond acceptors (Lipinski definition) is 7. The van der Waals surface area contributed by atoms with Crippen LogP contribution in [0.4, 0.5) is 4.79 Å². The van der Waals surface area contributed by atoms with Gasteiger partial charge in [0.15, 0.2) is 0 Å². The van der Waals surface area contributed by atoms with Crippen molar-refractivity contribution in [2.45, 2.75) is 39.2 Å². The first-order valence-electron chi connectivity index (χ1n) is 6.82. The molecule has 1 unspecified atom stereocenters. The predicted molar refractivity (Wildman–Crippen MR) is 73.9 cm³/mol. The molecule has 0 bridgehead atoms. The normalized spacial score (nSPS) is 19.0. The van der Waals surface area contributed by atoms with Crippen molar-refractivity contribution in [2.24, 2.45) is 5.92 Å². The Kier molecular flexibility index (Phi) is 7.88. The smallest absolute Gasteiger partial charge is 0.412 e. The van der Waals surface area contributed by atoms with E-state index in [-0.39, 0.29) is 24.5 Å². The van der Waals surface area contributed by atoms with Gasteiger partial charge in [0.25, 0.3) is 0 Å². The van der Waals surface area contributed by atoms with Gasteiger partial charge in [0.05, 0.1) is 12.0 Å². The van der Waals surface area contributed by atoms with Crippen molar-refractivity contribution in [3.05, 3.63) is 0 Å². The van der Waals surface area contributed by atoms with Gasteiger partial charge in [0, 0.05) is 6.54 Å². The Morgan fingerprint density at radius 2 is 2.00 bits per heavy atom. The van der Waals surface area contributed by atoms with Crippen molar-refractivity contribution in [1.82, 2.24) is 4.90 Å². The Morgan fingerprint density at radius 3 is 2.62 bits per heavy atom. The summed E-state index contributed by atoms with van der Waals surface area (Å²) in [5, 5.41) is 0. The lowest BCUT2D eigenvalue weighted by molar-refractivity contribution is -0.149. The van der Waals surface area contributed by atoms with Gasteiger partial charge in [-0.2, -0.15) is 0 Å². The molecule has 1 atom stereocenters. The lowest BCUT2D eigenvalue weighted by Gasteiger charge is -2.34. The summed E-state index contributed by atoms with van der Waals surface area (Å²) in [6.45, 7) is 3.62. The Hall–Kier alpha value is -0.950. The molecule has 1 amide bonds. The second-order valence-corrected chi connectivity index (χ2v) is 5.80. The predicted octanol–water partition coefficient (Wildman–Crippen LogP) is 1.36. The Balaban J connectivity index is 2.44. The first kappa shape index (κ1) is 18.1. The van der Waals surface area contributed by atoms with Crippen molar-refractivity contribution in [3.63, 3.8) is 0 Å². The number of piperidine rings is 1. The summed E-state index contributed by atoms with van der Waals surface area (Å²) in [7, 11) is -2.55. The Bertz CT molecular complexity index is 350. The molecule has 0 spiro atoms. The van der Waals surface area contributed by atoms with Crippen molar-refractivity contribution >= 4 is 20.7 Å². The van der Waals surface area contributed by atoms with Gasteiger partial charge in [0.1, 0.15) is 6.61 Å². The molecule has 0 aromatic rings. The zero-order valence-electron chi connectivity index (χ0n) is 12.2. The SMILES string of the molecule is CC(C)C(=O)OCC1CCCCN1C(=O)OCOP(O)O. The lowest BCUT2D eigenvalue weighted by atomic mass is 10.0. The first-order chi connectivity index (χ1) is 9.91. The largest absolute Gasteiger partial charge is 0.463 e. The second-order valence-electron chi connectivity index (χ2n) is 5.04. The molecule has 1 heterocycles. The van der Waals surface area contributed by atoms with E-state index in [0.29, 0.717) is 6.54 Å². The highest BCUT2D eigenvalue weighted by Crippen LogP contribution is 2.24. The van der Waals surface area contributed by atoms with Crippen LogP contribution in [0.15, 0.2) is 0 Å². The van der Waals surface area contributed by atoms with Crippen LogP contribution in [0.3, 0.4) is 0 Å². The van der Waals surface area contributed by atoms with E-state index >= 15 is 0 Å². The maximum atomic E-state index is 11.9. The van der Waals surface area contributed by atoms with Crippen molar-refractivity contribution in [3.8, 4) is 0 Å². The quantitative estimate of drug-likeness (QED) is 0.432. The van der Waals surface area contributed by atoms with Crippen LogP contribution in [0.5, 0.6) is 0 Å². The molecular formula is C12H22NO7P. The zero-order chi connectivity index (χ0) is 15.8. The summed E-state index contributed by atoms with van der Waals surface area (Å²) in [6.07, 6.45) is 1.91. The molecule has 0 aliphatic carbocycles. The van der Waals surface area contributed by atoms with Crippen LogP contribution in [0.1, 0.15) is 33.1 Å². The van der Waals surface area contributed by atoms with Crippen LogP contribution in [0.25, 0.3) is 0 Å².